The molecule has 2 fully saturated rings. The van der Waals surface area contributed by atoms with Crippen molar-refractivity contribution < 1.29 is 32.9 Å². The molecule has 6 rings (SSSR count). The van der Waals surface area contributed by atoms with Crippen molar-refractivity contribution in [1.29, 1.82) is 0 Å². The highest BCUT2D eigenvalue weighted by molar-refractivity contribution is 7.89. The SMILES string of the molecule is Cc1ccc(S(=O)(=O)NC(Cc2ccccc2)C(=O)NCc2ccc(C3OC(CN4CCCC4CO)CC(c4ccc(CO)cc4)O3)cc2)cc1. The quantitative estimate of drug-likeness (QED) is 0.148. The third kappa shape index (κ3) is 9.69. The molecule has 2 aliphatic heterocycles. The third-order valence-corrected chi connectivity index (χ3v) is 11.2. The van der Waals surface area contributed by atoms with Gasteiger partial charge in [0.15, 0.2) is 6.29 Å². The molecule has 2 aliphatic rings. The molecule has 270 valence electrons. The molecule has 1 amide bonds. The Balaban J connectivity index is 1.14. The Morgan fingerprint density at radius 1 is 0.863 bits per heavy atom. The van der Waals surface area contributed by atoms with Crippen LogP contribution in [0.4, 0.5) is 0 Å². The Morgan fingerprint density at radius 2 is 1.55 bits per heavy atom. The molecular weight excluding hydrogens is 667 g/mol. The third-order valence-electron chi connectivity index (χ3n) is 9.71. The van der Waals surface area contributed by atoms with Gasteiger partial charge in [0.05, 0.1) is 30.3 Å². The van der Waals surface area contributed by atoms with E-state index in [-0.39, 0.29) is 49.3 Å². The Labute approximate surface area is 300 Å². The molecule has 2 heterocycles. The lowest BCUT2D eigenvalue weighted by atomic mass is 9.99. The van der Waals surface area contributed by atoms with Crippen molar-refractivity contribution in [3.63, 3.8) is 0 Å². The van der Waals surface area contributed by atoms with Gasteiger partial charge in [0.2, 0.25) is 15.9 Å². The lowest BCUT2D eigenvalue weighted by Crippen LogP contribution is -2.47. The van der Waals surface area contributed by atoms with Crippen LogP contribution >= 0.6 is 0 Å². The van der Waals surface area contributed by atoms with Crippen LogP contribution < -0.4 is 10.0 Å². The summed E-state index contributed by atoms with van der Waals surface area (Å²) in [7, 11) is -3.95. The van der Waals surface area contributed by atoms with Crippen LogP contribution in [0.2, 0.25) is 0 Å². The summed E-state index contributed by atoms with van der Waals surface area (Å²) in [6.45, 7) is 3.80. The first-order valence-corrected chi connectivity index (χ1v) is 19.0. The van der Waals surface area contributed by atoms with Crippen LogP contribution in [0.1, 0.15) is 65.0 Å². The number of hydrogen-bond acceptors (Lipinski definition) is 8. The second kappa shape index (κ2) is 17.1. The number of carbonyl (C=O) groups is 1. The van der Waals surface area contributed by atoms with E-state index in [0.717, 1.165) is 52.8 Å². The number of aliphatic hydroxyl groups excluding tert-OH is 2. The maximum Gasteiger partial charge on any atom is 0.241 e. The Kier molecular flexibility index (Phi) is 12.3. The van der Waals surface area contributed by atoms with Gasteiger partial charge in [-0.2, -0.15) is 4.72 Å². The first-order chi connectivity index (χ1) is 24.7. The maximum atomic E-state index is 13.5. The van der Waals surface area contributed by atoms with Crippen molar-refractivity contribution in [2.45, 2.75) is 81.2 Å². The van der Waals surface area contributed by atoms with E-state index < -0.39 is 28.3 Å². The van der Waals surface area contributed by atoms with E-state index in [1.54, 1.807) is 12.1 Å². The van der Waals surface area contributed by atoms with Crippen molar-refractivity contribution in [3.05, 3.63) is 137 Å². The number of nitrogens with zero attached hydrogens (tertiary/aromatic N) is 1. The van der Waals surface area contributed by atoms with E-state index in [9.17, 15) is 23.4 Å². The van der Waals surface area contributed by atoms with Crippen molar-refractivity contribution in [2.24, 2.45) is 0 Å². The number of sulfonamides is 1. The average molecular weight is 714 g/mol. The van der Waals surface area contributed by atoms with Crippen molar-refractivity contribution in [2.75, 3.05) is 19.7 Å². The van der Waals surface area contributed by atoms with Gasteiger partial charge in [0, 0.05) is 31.1 Å². The Hall–Kier alpha value is -3.94. The van der Waals surface area contributed by atoms with Gasteiger partial charge in [-0.1, -0.05) is 96.6 Å². The van der Waals surface area contributed by atoms with Crippen LogP contribution in [0.15, 0.2) is 108 Å². The molecule has 0 aromatic heterocycles. The highest BCUT2D eigenvalue weighted by atomic mass is 32.2. The number of nitrogens with one attached hydrogen (secondary N) is 2. The van der Waals surface area contributed by atoms with E-state index in [0.29, 0.717) is 13.0 Å². The number of hydrogen-bond donors (Lipinski definition) is 4. The molecule has 0 radical (unpaired) electrons. The second-order valence-corrected chi connectivity index (χ2v) is 15.2. The van der Waals surface area contributed by atoms with Gasteiger partial charge in [0.1, 0.15) is 6.04 Å². The Bertz CT molecular complexity index is 1820. The molecule has 11 heteroatoms. The number of amides is 1. The number of aryl methyl sites for hydroxylation is 1. The van der Waals surface area contributed by atoms with Crippen LogP contribution in [0.5, 0.6) is 0 Å². The molecule has 0 bridgehead atoms. The van der Waals surface area contributed by atoms with Gasteiger partial charge in [-0.25, -0.2) is 8.42 Å². The summed E-state index contributed by atoms with van der Waals surface area (Å²) in [5.74, 6) is -0.432. The van der Waals surface area contributed by atoms with Crippen molar-refractivity contribution >= 4 is 15.9 Å². The second-order valence-electron chi connectivity index (χ2n) is 13.5. The summed E-state index contributed by atoms with van der Waals surface area (Å²) in [4.78, 5) is 15.9. The zero-order chi connectivity index (χ0) is 35.8. The van der Waals surface area contributed by atoms with Gasteiger partial charge in [-0.15, -0.1) is 0 Å². The zero-order valence-corrected chi connectivity index (χ0v) is 29.7. The highest BCUT2D eigenvalue weighted by Crippen LogP contribution is 2.38. The first-order valence-electron chi connectivity index (χ1n) is 17.6. The summed E-state index contributed by atoms with van der Waals surface area (Å²) >= 11 is 0. The molecule has 5 unspecified atom stereocenters. The average Bonchev–Trinajstić information content (AvgIpc) is 3.61. The van der Waals surface area contributed by atoms with E-state index in [1.165, 1.54) is 12.1 Å². The minimum Gasteiger partial charge on any atom is -0.395 e. The van der Waals surface area contributed by atoms with Gasteiger partial charge >= 0.3 is 0 Å². The van der Waals surface area contributed by atoms with Crippen molar-refractivity contribution in [1.82, 2.24) is 14.9 Å². The minimum atomic E-state index is -3.95. The summed E-state index contributed by atoms with van der Waals surface area (Å²) in [5.41, 5.74) is 5.27. The van der Waals surface area contributed by atoms with Gasteiger partial charge < -0.3 is 25.0 Å². The molecule has 4 N–H and O–H groups in total. The molecule has 10 nitrogen and oxygen atoms in total. The maximum absolute atomic E-state index is 13.5. The smallest absolute Gasteiger partial charge is 0.241 e. The number of benzene rings is 4. The van der Waals surface area contributed by atoms with Crippen LogP contribution in [0.25, 0.3) is 0 Å². The van der Waals surface area contributed by atoms with Gasteiger partial charge in [-0.3, -0.25) is 9.69 Å². The fourth-order valence-electron chi connectivity index (χ4n) is 6.75. The molecule has 0 spiro atoms. The van der Waals surface area contributed by atoms with E-state index >= 15 is 0 Å². The van der Waals surface area contributed by atoms with E-state index in [1.807, 2.05) is 85.8 Å². The summed E-state index contributed by atoms with van der Waals surface area (Å²) in [6, 6.07) is 30.4. The predicted molar refractivity (Wildman–Crippen MR) is 194 cm³/mol. The zero-order valence-electron chi connectivity index (χ0n) is 28.9. The molecule has 0 saturated carbocycles. The lowest BCUT2D eigenvalue weighted by Gasteiger charge is -2.38. The van der Waals surface area contributed by atoms with Crippen LogP contribution in [-0.2, 0) is 43.9 Å². The normalized spacial score (nSPS) is 21.7. The highest BCUT2D eigenvalue weighted by Gasteiger charge is 2.35. The summed E-state index contributed by atoms with van der Waals surface area (Å²) in [5, 5.41) is 22.3. The Morgan fingerprint density at radius 3 is 2.24 bits per heavy atom. The molecule has 4 aromatic carbocycles. The molecular formula is C40H47N3O7S. The monoisotopic (exact) mass is 713 g/mol. The largest absolute Gasteiger partial charge is 0.395 e. The standard InChI is InChI=1S/C40H47N3O7S/c1-28-9-19-36(20-10-28)51(47,48)42-37(22-29-6-3-2-4-7-29)39(46)41-24-30-11-17-33(18-12-30)40-49-35(25-43-21-5-8-34(43)27-45)23-38(50-40)32-15-13-31(26-44)14-16-32/h2-4,6-7,9-20,34-35,37-38,40,42,44-45H,5,8,21-27H2,1H3,(H,41,46). The molecule has 51 heavy (non-hydrogen) atoms. The van der Waals surface area contributed by atoms with E-state index in [2.05, 4.69) is 14.9 Å². The van der Waals surface area contributed by atoms with Crippen LogP contribution in [0, 0.1) is 6.92 Å². The van der Waals surface area contributed by atoms with Crippen LogP contribution in [0.3, 0.4) is 0 Å². The first kappa shape index (κ1) is 36.8. The van der Waals surface area contributed by atoms with Crippen molar-refractivity contribution in [3.8, 4) is 0 Å². The fourth-order valence-corrected chi connectivity index (χ4v) is 7.95. The van der Waals surface area contributed by atoms with E-state index in [4.69, 9.17) is 9.47 Å². The van der Waals surface area contributed by atoms with Crippen LogP contribution in [-0.4, -0.2) is 67.3 Å². The summed E-state index contributed by atoms with van der Waals surface area (Å²) in [6.07, 6.45) is 1.90. The number of carbonyl (C=O) groups excluding carboxylic acids is 1. The molecule has 4 aromatic rings. The molecule has 0 aliphatic carbocycles. The summed E-state index contributed by atoms with van der Waals surface area (Å²) < 4.78 is 42.2. The fraction of sp³-hybridized carbons (Fsp3) is 0.375. The number of likely N-dealkylation sites (tertiary alicyclic amines) is 1. The topological polar surface area (TPSA) is 137 Å². The van der Waals surface area contributed by atoms with Gasteiger partial charge in [0.25, 0.3) is 0 Å². The number of rotatable bonds is 14. The number of ether oxygens (including phenoxy) is 2. The van der Waals surface area contributed by atoms with Gasteiger partial charge in [-0.05, 0) is 67.1 Å². The lowest BCUT2D eigenvalue weighted by molar-refractivity contribution is -0.253. The number of aliphatic hydroxyl groups is 2. The molecule has 2 saturated heterocycles. The molecule has 5 atom stereocenters. The minimum absolute atomic E-state index is 0.0266. The predicted octanol–water partition coefficient (Wildman–Crippen LogP) is 4.70.